The first-order chi connectivity index (χ1) is 7.29. The molecule has 0 amide bonds. The van der Waals surface area contributed by atoms with Gasteiger partial charge < -0.3 is 20.7 Å². The monoisotopic (exact) mass is 282 g/mol. The number of halogens is 2. The highest BCUT2D eigenvalue weighted by atomic mass is 35.5. The first-order valence-corrected chi connectivity index (χ1v) is 4.81. The Balaban J connectivity index is 0.00000128. The molecule has 0 unspecified atom stereocenters. The fraction of sp³-hybridized carbons (Fsp3) is 0.625. The molecule has 98 valence electrons. The summed E-state index contributed by atoms with van der Waals surface area (Å²) in [5.41, 5.74) is 5.56. The van der Waals surface area contributed by atoms with Gasteiger partial charge in [0.2, 0.25) is 11.9 Å². The maximum atomic E-state index is 5.56. The van der Waals surface area contributed by atoms with Gasteiger partial charge >= 0.3 is 6.01 Å². The Kier molecular flexibility index (Phi) is 6.86. The van der Waals surface area contributed by atoms with Gasteiger partial charge in [0.05, 0.1) is 7.11 Å². The third-order valence-electron chi connectivity index (χ3n) is 2.20. The van der Waals surface area contributed by atoms with Gasteiger partial charge in [-0.05, 0) is 0 Å². The number of piperazine rings is 1. The predicted octanol–water partition coefficient (Wildman–Crippen LogP) is -0.284. The van der Waals surface area contributed by atoms with Crippen molar-refractivity contribution in [2.24, 2.45) is 0 Å². The van der Waals surface area contributed by atoms with Crippen LogP contribution in [0.1, 0.15) is 0 Å². The number of hydrogen-bond donors (Lipinski definition) is 2. The molecule has 2 rings (SSSR count). The number of ether oxygens (including phenoxy) is 1. The molecule has 1 aromatic heterocycles. The minimum atomic E-state index is 0. The predicted molar refractivity (Wildman–Crippen MR) is 70.4 cm³/mol. The molecule has 1 saturated heterocycles. The summed E-state index contributed by atoms with van der Waals surface area (Å²) in [6, 6.07) is 0.260. The fourth-order valence-corrected chi connectivity index (χ4v) is 1.46. The van der Waals surface area contributed by atoms with Crippen LogP contribution in [0.25, 0.3) is 0 Å². The summed E-state index contributed by atoms with van der Waals surface area (Å²) in [5.74, 6) is 0.774. The summed E-state index contributed by atoms with van der Waals surface area (Å²) in [6.07, 6.45) is 0. The SMILES string of the molecule is COc1nc(N)nc(N2CCNCC2)n1.Cl.Cl. The van der Waals surface area contributed by atoms with E-state index in [1.54, 1.807) is 0 Å². The molecule has 0 bridgehead atoms. The standard InChI is InChI=1S/C8H14N6O.2ClH/c1-15-8-12-6(9)11-7(13-8)14-4-2-10-3-5-14;;/h10H,2-5H2,1H3,(H2,9,11,12,13);2*1H. The van der Waals surface area contributed by atoms with E-state index in [0.717, 1.165) is 26.2 Å². The maximum Gasteiger partial charge on any atom is 0.322 e. The lowest BCUT2D eigenvalue weighted by Gasteiger charge is -2.27. The molecule has 2 heterocycles. The zero-order valence-corrected chi connectivity index (χ0v) is 11.1. The lowest BCUT2D eigenvalue weighted by atomic mass is 10.4. The number of methoxy groups -OCH3 is 1. The van der Waals surface area contributed by atoms with Crippen LogP contribution in [0, 0.1) is 0 Å². The van der Waals surface area contributed by atoms with Crippen molar-refractivity contribution in [1.82, 2.24) is 20.3 Å². The molecule has 0 saturated carbocycles. The fourth-order valence-electron chi connectivity index (χ4n) is 1.46. The average Bonchev–Trinajstić information content (AvgIpc) is 2.29. The van der Waals surface area contributed by atoms with E-state index in [1.165, 1.54) is 7.11 Å². The van der Waals surface area contributed by atoms with E-state index in [0.29, 0.717) is 5.95 Å². The summed E-state index contributed by atoms with van der Waals surface area (Å²) in [5, 5.41) is 3.25. The van der Waals surface area contributed by atoms with Crippen molar-refractivity contribution in [1.29, 1.82) is 0 Å². The Hall–Kier alpha value is -1.05. The van der Waals surface area contributed by atoms with Gasteiger partial charge in [-0.25, -0.2) is 0 Å². The Morgan fingerprint density at radius 3 is 2.41 bits per heavy atom. The molecule has 7 nitrogen and oxygen atoms in total. The van der Waals surface area contributed by atoms with E-state index in [1.807, 2.05) is 0 Å². The minimum absolute atomic E-state index is 0. The van der Waals surface area contributed by atoms with Crippen LogP contribution in [0.3, 0.4) is 0 Å². The molecule has 3 N–H and O–H groups in total. The second-order valence-corrected chi connectivity index (χ2v) is 3.22. The van der Waals surface area contributed by atoms with Gasteiger partial charge in [0.1, 0.15) is 0 Å². The van der Waals surface area contributed by atoms with Crippen LogP contribution in [0.5, 0.6) is 6.01 Å². The highest BCUT2D eigenvalue weighted by molar-refractivity contribution is 5.85. The summed E-state index contributed by atoms with van der Waals surface area (Å²) in [6.45, 7) is 3.58. The molecule has 0 aromatic carbocycles. The Labute approximate surface area is 112 Å². The average molecular weight is 283 g/mol. The topological polar surface area (TPSA) is 89.2 Å². The molecule has 9 heteroatoms. The second-order valence-electron chi connectivity index (χ2n) is 3.22. The van der Waals surface area contributed by atoms with E-state index in [4.69, 9.17) is 10.5 Å². The highest BCUT2D eigenvalue weighted by Gasteiger charge is 2.15. The van der Waals surface area contributed by atoms with Gasteiger partial charge in [-0.2, -0.15) is 15.0 Å². The van der Waals surface area contributed by atoms with E-state index in [9.17, 15) is 0 Å². The molecule has 0 radical (unpaired) electrons. The normalized spacial score (nSPS) is 14.5. The first-order valence-electron chi connectivity index (χ1n) is 4.81. The van der Waals surface area contributed by atoms with Crippen molar-refractivity contribution in [2.75, 3.05) is 43.9 Å². The molecule has 1 aromatic rings. The number of anilines is 2. The van der Waals surface area contributed by atoms with Gasteiger partial charge in [0.15, 0.2) is 0 Å². The third kappa shape index (κ3) is 4.03. The minimum Gasteiger partial charge on any atom is -0.467 e. The van der Waals surface area contributed by atoms with Crippen molar-refractivity contribution >= 4 is 36.7 Å². The van der Waals surface area contributed by atoms with Crippen LogP contribution in [0.2, 0.25) is 0 Å². The number of nitrogens with zero attached hydrogens (tertiary/aromatic N) is 4. The summed E-state index contributed by atoms with van der Waals surface area (Å²) < 4.78 is 4.94. The molecule has 0 spiro atoms. The number of nitrogens with one attached hydrogen (secondary N) is 1. The van der Waals surface area contributed by atoms with Crippen molar-refractivity contribution in [3.8, 4) is 6.01 Å². The van der Waals surface area contributed by atoms with E-state index >= 15 is 0 Å². The number of rotatable bonds is 2. The van der Waals surface area contributed by atoms with E-state index in [-0.39, 0.29) is 36.8 Å². The van der Waals surface area contributed by atoms with Crippen LogP contribution in [-0.2, 0) is 0 Å². The van der Waals surface area contributed by atoms with Crippen LogP contribution in [-0.4, -0.2) is 48.2 Å². The number of nitrogens with two attached hydrogens (primary N) is 1. The van der Waals surface area contributed by atoms with Crippen molar-refractivity contribution < 1.29 is 4.74 Å². The van der Waals surface area contributed by atoms with Gasteiger partial charge in [0.25, 0.3) is 0 Å². The van der Waals surface area contributed by atoms with Gasteiger partial charge in [-0.3, -0.25) is 0 Å². The molecule has 1 fully saturated rings. The highest BCUT2D eigenvalue weighted by Crippen LogP contribution is 2.13. The van der Waals surface area contributed by atoms with E-state index in [2.05, 4.69) is 25.2 Å². The van der Waals surface area contributed by atoms with Gasteiger partial charge in [0, 0.05) is 26.2 Å². The van der Waals surface area contributed by atoms with Crippen molar-refractivity contribution in [3.05, 3.63) is 0 Å². The zero-order valence-electron chi connectivity index (χ0n) is 9.42. The number of aromatic nitrogens is 3. The molecule has 1 aliphatic rings. The number of hydrogen-bond acceptors (Lipinski definition) is 7. The largest absolute Gasteiger partial charge is 0.467 e. The number of nitrogen functional groups attached to an aromatic ring is 1. The summed E-state index contributed by atoms with van der Waals surface area (Å²) in [4.78, 5) is 14.1. The smallest absolute Gasteiger partial charge is 0.322 e. The maximum absolute atomic E-state index is 5.56. The van der Waals surface area contributed by atoms with Gasteiger partial charge in [-0.1, -0.05) is 0 Å². The molecular formula is C8H16Cl2N6O. The summed E-state index contributed by atoms with van der Waals surface area (Å²) >= 11 is 0. The molecule has 0 aliphatic carbocycles. The molecule has 1 aliphatic heterocycles. The lowest BCUT2D eigenvalue weighted by molar-refractivity contribution is 0.378. The van der Waals surface area contributed by atoms with Crippen molar-refractivity contribution in [2.45, 2.75) is 0 Å². The van der Waals surface area contributed by atoms with Crippen LogP contribution in [0.15, 0.2) is 0 Å². The lowest BCUT2D eigenvalue weighted by Crippen LogP contribution is -2.44. The Bertz CT molecular complexity index is 347. The Morgan fingerprint density at radius 1 is 1.18 bits per heavy atom. The third-order valence-corrected chi connectivity index (χ3v) is 2.20. The van der Waals surface area contributed by atoms with Crippen LogP contribution in [0.4, 0.5) is 11.9 Å². The first kappa shape index (κ1) is 16.0. The van der Waals surface area contributed by atoms with E-state index < -0.39 is 0 Å². The molecule has 0 atom stereocenters. The molecule has 17 heavy (non-hydrogen) atoms. The zero-order chi connectivity index (χ0) is 10.7. The summed E-state index contributed by atoms with van der Waals surface area (Å²) in [7, 11) is 1.51. The second kappa shape index (κ2) is 7.31. The quantitative estimate of drug-likeness (QED) is 0.771. The Morgan fingerprint density at radius 2 is 1.82 bits per heavy atom. The van der Waals surface area contributed by atoms with Gasteiger partial charge in [-0.15, -0.1) is 24.8 Å². The molecular weight excluding hydrogens is 267 g/mol. The van der Waals surface area contributed by atoms with Crippen LogP contribution < -0.4 is 20.7 Å². The van der Waals surface area contributed by atoms with Crippen LogP contribution >= 0.6 is 24.8 Å². The van der Waals surface area contributed by atoms with Crippen molar-refractivity contribution in [3.63, 3.8) is 0 Å².